The number of aryl methyl sites for hydroxylation is 1. The van der Waals surface area contributed by atoms with Gasteiger partial charge in [0.2, 0.25) is 0 Å². The van der Waals surface area contributed by atoms with E-state index < -0.39 is 5.82 Å². The first kappa shape index (κ1) is 12.7. The van der Waals surface area contributed by atoms with Gasteiger partial charge in [-0.3, -0.25) is 4.79 Å². The summed E-state index contributed by atoms with van der Waals surface area (Å²) in [6.07, 6.45) is 3.86. The molecule has 0 spiro atoms. The van der Waals surface area contributed by atoms with Crippen LogP contribution < -0.4 is 11.1 Å². The third-order valence-corrected chi connectivity index (χ3v) is 3.50. The Morgan fingerprint density at radius 1 is 1.45 bits per heavy atom. The van der Waals surface area contributed by atoms with Gasteiger partial charge in [0.25, 0.3) is 5.91 Å². The Kier molecular flexibility index (Phi) is 2.97. The smallest absolute Gasteiger partial charge is 0.272 e. The fraction of sp³-hybridized carbons (Fsp3) is 0.267. The van der Waals surface area contributed by atoms with Crippen LogP contribution in [0.25, 0.3) is 0 Å². The maximum Gasteiger partial charge on any atom is 0.272 e. The molecule has 1 fully saturated rings. The summed E-state index contributed by atoms with van der Waals surface area (Å²) in [4.78, 5) is 12.3. The van der Waals surface area contributed by atoms with Crippen molar-refractivity contribution in [1.29, 1.82) is 0 Å². The molecule has 20 heavy (non-hydrogen) atoms. The van der Waals surface area contributed by atoms with Crippen LogP contribution in [-0.2, 0) is 0 Å². The first-order chi connectivity index (χ1) is 9.56. The third kappa shape index (κ3) is 2.27. The predicted molar refractivity (Wildman–Crippen MR) is 76.2 cm³/mol. The Morgan fingerprint density at radius 3 is 2.85 bits per heavy atom. The number of aromatic nitrogens is 1. The van der Waals surface area contributed by atoms with Crippen molar-refractivity contribution in [2.75, 3.05) is 11.1 Å². The topological polar surface area (TPSA) is 60.1 Å². The van der Waals surface area contributed by atoms with Crippen LogP contribution in [0, 0.1) is 12.7 Å². The van der Waals surface area contributed by atoms with E-state index in [0.717, 1.165) is 12.8 Å². The SMILES string of the molecule is Cc1cccc(F)c1NC(=O)c1cc(N)cn1C1CC1. The van der Waals surface area contributed by atoms with Crippen molar-refractivity contribution in [1.82, 2.24) is 4.57 Å². The number of nitrogens with one attached hydrogen (secondary N) is 1. The van der Waals surface area contributed by atoms with Gasteiger partial charge in [-0.15, -0.1) is 0 Å². The molecule has 0 atom stereocenters. The van der Waals surface area contributed by atoms with Gasteiger partial charge in [0, 0.05) is 12.2 Å². The number of benzene rings is 1. The van der Waals surface area contributed by atoms with E-state index in [1.165, 1.54) is 6.07 Å². The molecule has 1 aliphatic rings. The molecular weight excluding hydrogens is 257 g/mol. The monoisotopic (exact) mass is 273 g/mol. The van der Waals surface area contributed by atoms with Crippen molar-refractivity contribution in [2.24, 2.45) is 0 Å². The molecule has 1 aliphatic carbocycles. The van der Waals surface area contributed by atoms with Gasteiger partial charge in [-0.2, -0.15) is 0 Å². The maximum absolute atomic E-state index is 13.8. The Hall–Kier alpha value is -2.30. The van der Waals surface area contributed by atoms with Crippen LogP contribution in [-0.4, -0.2) is 10.5 Å². The van der Waals surface area contributed by atoms with Gasteiger partial charge in [0.15, 0.2) is 0 Å². The summed E-state index contributed by atoms with van der Waals surface area (Å²) in [6.45, 7) is 1.76. The highest BCUT2D eigenvalue weighted by atomic mass is 19.1. The first-order valence-corrected chi connectivity index (χ1v) is 6.60. The van der Waals surface area contributed by atoms with Gasteiger partial charge >= 0.3 is 0 Å². The van der Waals surface area contributed by atoms with Crippen molar-refractivity contribution in [3.8, 4) is 0 Å². The molecule has 0 radical (unpaired) electrons. The fourth-order valence-corrected chi connectivity index (χ4v) is 2.31. The van der Waals surface area contributed by atoms with Gasteiger partial charge in [0.05, 0.1) is 11.4 Å². The van der Waals surface area contributed by atoms with Crippen LogP contribution in [0.5, 0.6) is 0 Å². The molecule has 0 unspecified atom stereocenters. The molecule has 0 bridgehead atoms. The summed E-state index contributed by atoms with van der Waals surface area (Å²) in [6, 6.07) is 6.67. The molecule has 3 rings (SSSR count). The highest BCUT2D eigenvalue weighted by Gasteiger charge is 2.28. The van der Waals surface area contributed by atoms with Gasteiger partial charge in [0.1, 0.15) is 11.5 Å². The second-order valence-electron chi connectivity index (χ2n) is 5.18. The number of nitrogens with two attached hydrogens (primary N) is 1. The van der Waals surface area contributed by atoms with Gasteiger partial charge < -0.3 is 15.6 Å². The number of rotatable bonds is 3. The zero-order valence-electron chi connectivity index (χ0n) is 11.2. The summed E-state index contributed by atoms with van der Waals surface area (Å²) >= 11 is 0. The van der Waals surface area contributed by atoms with E-state index in [2.05, 4.69) is 5.32 Å². The lowest BCUT2D eigenvalue weighted by Crippen LogP contribution is -2.17. The quantitative estimate of drug-likeness (QED) is 0.902. The zero-order chi connectivity index (χ0) is 14.3. The number of halogens is 1. The molecule has 5 heteroatoms. The third-order valence-electron chi connectivity index (χ3n) is 3.50. The summed E-state index contributed by atoms with van der Waals surface area (Å²) in [5, 5.41) is 2.64. The van der Waals surface area contributed by atoms with E-state index in [-0.39, 0.29) is 11.6 Å². The molecule has 4 nitrogen and oxygen atoms in total. The Bertz CT molecular complexity index is 654. The number of hydrogen-bond acceptors (Lipinski definition) is 2. The van der Waals surface area contributed by atoms with Gasteiger partial charge in [-0.25, -0.2) is 4.39 Å². The average molecular weight is 273 g/mol. The minimum absolute atomic E-state index is 0.222. The van der Waals surface area contributed by atoms with Crippen LogP contribution in [0.2, 0.25) is 0 Å². The van der Waals surface area contributed by atoms with Crippen LogP contribution in [0.4, 0.5) is 15.8 Å². The normalized spacial score (nSPS) is 14.3. The van der Waals surface area contributed by atoms with E-state index in [4.69, 9.17) is 5.73 Å². The summed E-state index contributed by atoms with van der Waals surface area (Å²) in [5.41, 5.74) is 7.70. The van der Waals surface area contributed by atoms with E-state index in [0.29, 0.717) is 23.0 Å². The van der Waals surface area contributed by atoms with E-state index in [1.807, 2.05) is 4.57 Å². The van der Waals surface area contributed by atoms with Gasteiger partial charge in [-0.05, 0) is 37.5 Å². The zero-order valence-corrected chi connectivity index (χ0v) is 11.2. The molecule has 1 aromatic heterocycles. The second kappa shape index (κ2) is 4.67. The van der Waals surface area contributed by atoms with Crippen molar-refractivity contribution in [3.05, 3.63) is 47.5 Å². The number of para-hydroxylation sites is 1. The van der Waals surface area contributed by atoms with Crippen molar-refractivity contribution >= 4 is 17.3 Å². The van der Waals surface area contributed by atoms with Crippen LogP contribution in [0.1, 0.15) is 34.9 Å². The van der Waals surface area contributed by atoms with Crippen molar-refractivity contribution in [3.63, 3.8) is 0 Å². The number of hydrogen-bond donors (Lipinski definition) is 2. The maximum atomic E-state index is 13.8. The summed E-state index contributed by atoms with van der Waals surface area (Å²) in [7, 11) is 0. The molecule has 0 aliphatic heterocycles. The standard InChI is InChI=1S/C15H16FN3O/c1-9-3-2-4-12(16)14(9)18-15(20)13-7-10(17)8-19(13)11-5-6-11/h2-4,7-8,11H,5-6,17H2,1H3,(H,18,20). The number of nitrogen functional groups attached to an aromatic ring is 1. The molecule has 104 valence electrons. The number of anilines is 2. The fourth-order valence-electron chi connectivity index (χ4n) is 2.31. The molecule has 0 saturated heterocycles. The first-order valence-electron chi connectivity index (χ1n) is 6.60. The molecule has 3 N–H and O–H groups in total. The number of nitrogens with zero attached hydrogens (tertiary/aromatic N) is 1. The second-order valence-corrected chi connectivity index (χ2v) is 5.18. The molecule has 2 aromatic rings. The lowest BCUT2D eigenvalue weighted by molar-refractivity contribution is 0.101. The van der Waals surface area contributed by atoms with E-state index >= 15 is 0 Å². The van der Waals surface area contributed by atoms with Crippen molar-refractivity contribution in [2.45, 2.75) is 25.8 Å². The lowest BCUT2D eigenvalue weighted by atomic mass is 10.2. The van der Waals surface area contributed by atoms with Crippen molar-refractivity contribution < 1.29 is 9.18 Å². The number of amides is 1. The largest absolute Gasteiger partial charge is 0.397 e. The Labute approximate surface area is 116 Å². The van der Waals surface area contributed by atoms with Crippen LogP contribution >= 0.6 is 0 Å². The molecule has 1 heterocycles. The van der Waals surface area contributed by atoms with Gasteiger partial charge in [-0.1, -0.05) is 12.1 Å². The van der Waals surface area contributed by atoms with Crippen LogP contribution in [0.3, 0.4) is 0 Å². The highest BCUT2D eigenvalue weighted by Crippen LogP contribution is 2.37. The minimum Gasteiger partial charge on any atom is -0.397 e. The summed E-state index contributed by atoms with van der Waals surface area (Å²) in [5.74, 6) is -0.766. The predicted octanol–water partition coefficient (Wildman–Crippen LogP) is 3.11. The van der Waals surface area contributed by atoms with Crippen LogP contribution in [0.15, 0.2) is 30.5 Å². The number of carbonyl (C=O) groups excluding carboxylic acids is 1. The lowest BCUT2D eigenvalue weighted by Gasteiger charge is -2.11. The Morgan fingerprint density at radius 2 is 2.20 bits per heavy atom. The molecule has 1 amide bonds. The molecule has 1 aromatic carbocycles. The molecule has 1 saturated carbocycles. The highest BCUT2D eigenvalue weighted by molar-refractivity contribution is 6.04. The number of carbonyl (C=O) groups is 1. The molecular formula is C15H16FN3O. The summed E-state index contributed by atoms with van der Waals surface area (Å²) < 4.78 is 15.6. The minimum atomic E-state index is -0.434. The Balaban J connectivity index is 1.90. The van der Waals surface area contributed by atoms with E-state index in [9.17, 15) is 9.18 Å². The average Bonchev–Trinajstić information content (AvgIpc) is 3.17. The van der Waals surface area contributed by atoms with E-state index in [1.54, 1.807) is 31.3 Å².